The largest absolute Gasteiger partial charge is 0.545 e. The van der Waals surface area contributed by atoms with Gasteiger partial charge in [0.1, 0.15) is 0 Å². The zero-order valence-electron chi connectivity index (χ0n) is 12.2. The molecule has 23 heavy (non-hydrogen) atoms. The number of nitrogens with zero attached hydrogens (tertiary/aromatic N) is 1. The van der Waals surface area contributed by atoms with Gasteiger partial charge in [0.25, 0.3) is 10.0 Å². The average molecular weight is 328 g/mol. The van der Waals surface area contributed by atoms with E-state index in [-0.39, 0.29) is 4.90 Å². The monoisotopic (exact) mass is 328 g/mol. The van der Waals surface area contributed by atoms with Crippen molar-refractivity contribution in [3.8, 4) is 0 Å². The molecule has 0 unspecified atom stereocenters. The zero-order chi connectivity index (χ0) is 16.4. The van der Waals surface area contributed by atoms with Gasteiger partial charge >= 0.3 is 0 Å². The second-order valence-electron chi connectivity index (χ2n) is 5.18. The van der Waals surface area contributed by atoms with Gasteiger partial charge in [0, 0.05) is 6.54 Å². The summed E-state index contributed by atoms with van der Waals surface area (Å²) in [6.07, 6.45) is 2.96. The Labute approximate surface area is 134 Å². The molecule has 0 amide bonds. The summed E-state index contributed by atoms with van der Waals surface area (Å²) < 4.78 is 27.0. The highest BCUT2D eigenvalue weighted by atomic mass is 32.2. The third-order valence-electron chi connectivity index (χ3n) is 3.72. The van der Waals surface area contributed by atoms with E-state index >= 15 is 0 Å². The van der Waals surface area contributed by atoms with Gasteiger partial charge in [-0.1, -0.05) is 36.4 Å². The van der Waals surface area contributed by atoms with Crippen LogP contribution in [0.4, 0.5) is 5.69 Å². The smallest absolute Gasteiger partial charge is 0.264 e. The second-order valence-corrected chi connectivity index (χ2v) is 7.04. The Bertz CT molecular complexity index is 870. The van der Waals surface area contributed by atoms with Crippen molar-refractivity contribution in [1.29, 1.82) is 0 Å². The van der Waals surface area contributed by atoms with E-state index in [0.717, 1.165) is 11.6 Å². The predicted octanol–water partition coefficient (Wildman–Crippen LogP) is 1.20. The third-order valence-corrected chi connectivity index (χ3v) is 5.55. The minimum absolute atomic E-state index is 0.180. The molecule has 0 saturated heterocycles. The molecule has 0 atom stereocenters. The van der Waals surface area contributed by atoms with E-state index in [1.165, 1.54) is 22.5 Å². The van der Waals surface area contributed by atoms with Gasteiger partial charge in [-0.05, 0) is 41.8 Å². The van der Waals surface area contributed by atoms with Gasteiger partial charge < -0.3 is 9.90 Å². The number of rotatable bonds is 4. The fraction of sp³-hybridized carbons (Fsp3) is 0.118. The van der Waals surface area contributed by atoms with Crippen LogP contribution in [-0.4, -0.2) is 20.9 Å². The van der Waals surface area contributed by atoms with Crippen molar-refractivity contribution in [3.05, 3.63) is 65.7 Å². The SMILES string of the molecule is O=C([O-])/C=C/c1ccc(S(=O)(=O)N2CCc3ccccc32)cc1. The Balaban J connectivity index is 1.91. The summed E-state index contributed by atoms with van der Waals surface area (Å²) in [5.74, 6) is -1.30. The molecule has 0 bridgehead atoms. The van der Waals surface area contributed by atoms with Gasteiger partial charge in [-0.2, -0.15) is 0 Å². The first-order chi connectivity index (χ1) is 11.0. The molecule has 118 valence electrons. The Morgan fingerprint density at radius 1 is 1.09 bits per heavy atom. The number of carboxylic acid groups (broad SMARTS) is 1. The van der Waals surface area contributed by atoms with Crippen LogP contribution in [0.25, 0.3) is 6.08 Å². The Hall–Kier alpha value is -2.60. The molecule has 0 fully saturated rings. The maximum atomic E-state index is 12.8. The van der Waals surface area contributed by atoms with Crippen LogP contribution in [-0.2, 0) is 21.2 Å². The first-order valence-corrected chi connectivity index (χ1v) is 8.52. The van der Waals surface area contributed by atoms with E-state index in [2.05, 4.69) is 0 Å². The number of hydrogen-bond donors (Lipinski definition) is 0. The molecular formula is C17H14NO4S-. The standard InChI is InChI=1S/C17H15NO4S/c19-17(20)10-7-13-5-8-15(9-6-13)23(21,22)18-12-11-14-3-1-2-4-16(14)18/h1-10H,11-12H2,(H,19,20)/p-1/b10-7+. The van der Waals surface area contributed by atoms with Gasteiger partial charge in [-0.3, -0.25) is 4.31 Å². The Morgan fingerprint density at radius 3 is 2.48 bits per heavy atom. The predicted molar refractivity (Wildman–Crippen MR) is 85.2 cm³/mol. The minimum atomic E-state index is -3.62. The summed E-state index contributed by atoms with van der Waals surface area (Å²) in [7, 11) is -3.62. The summed E-state index contributed by atoms with van der Waals surface area (Å²) in [5, 5.41) is 10.4. The number of carbonyl (C=O) groups is 1. The number of carboxylic acids is 1. The van der Waals surface area contributed by atoms with E-state index in [0.29, 0.717) is 24.2 Å². The lowest BCUT2D eigenvalue weighted by Gasteiger charge is -2.19. The number of anilines is 1. The highest BCUT2D eigenvalue weighted by Crippen LogP contribution is 2.32. The van der Waals surface area contributed by atoms with Gasteiger partial charge in [0.2, 0.25) is 0 Å². The lowest BCUT2D eigenvalue weighted by Crippen LogP contribution is -2.29. The van der Waals surface area contributed by atoms with E-state index < -0.39 is 16.0 Å². The number of aliphatic carboxylic acids is 1. The molecule has 5 nitrogen and oxygen atoms in total. The van der Waals surface area contributed by atoms with Crippen LogP contribution in [0.5, 0.6) is 0 Å². The number of hydrogen-bond acceptors (Lipinski definition) is 4. The van der Waals surface area contributed by atoms with E-state index in [1.54, 1.807) is 18.2 Å². The second kappa shape index (κ2) is 5.89. The van der Waals surface area contributed by atoms with Crippen molar-refractivity contribution in [2.45, 2.75) is 11.3 Å². The Morgan fingerprint density at radius 2 is 1.78 bits per heavy atom. The highest BCUT2D eigenvalue weighted by Gasteiger charge is 2.30. The molecule has 0 radical (unpaired) electrons. The van der Waals surface area contributed by atoms with Crippen LogP contribution in [0.2, 0.25) is 0 Å². The fourth-order valence-electron chi connectivity index (χ4n) is 2.60. The maximum Gasteiger partial charge on any atom is 0.264 e. The summed E-state index contributed by atoms with van der Waals surface area (Å²) in [5.41, 5.74) is 2.33. The van der Waals surface area contributed by atoms with Gasteiger partial charge in [0.15, 0.2) is 0 Å². The summed E-state index contributed by atoms with van der Waals surface area (Å²) in [6.45, 7) is 0.425. The molecule has 2 aromatic rings. The molecule has 0 spiro atoms. The molecule has 3 rings (SSSR count). The Kier molecular flexibility index (Phi) is 3.92. The van der Waals surface area contributed by atoms with E-state index in [9.17, 15) is 18.3 Å². The molecule has 6 heteroatoms. The fourth-order valence-corrected chi connectivity index (χ4v) is 4.10. The van der Waals surface area contributed by atoms with Gasteiger partial charge in [-0.15, -0.1) is 0 Å². The maximum absolute atomic E-state index is 12.8. The molecule has 1 heterocycles. The van der Waals surface area contributed by atoms with Crippen molar-refractivity contribution in [2.75, 3.05) is 10.8 Å². The van der Waals surface area contributed by atoms with Gasteiger partial charge in [-0.25, -0.2) is 8.42 Å². The van der Waals surface area contributed by atoms with Crippen molar-refractivity contribution < 1.29 is 18.3 Å². The minimum Gasteiger partial charge on any atom is -0.545 e. The quantitative estimate of drug-likeness (QED) is 0.790. The van der Waals surface area contributed by atoms with Crippen molar-refractivity contribution in [1.82, 2.24) is 0 Å². The summed E-state index contributed by atoms with van der Waals surface area (Å²) in [6, 6.07) is 13.5. The molecule has 0 N–H and O–H groups in total. The number of fused-ring (bicyclic) bond motifs is 1. The van der Waals surface area contributed by atoms with Crippen LogP contribution < -0.4 is 9.41 Å². The number of sulfonamides is 1. The van der Waals surface area contributed by atoms with Crippen LogP contribution >= 0.6 is 0 Å². The lowest BCUT2D eigenvalue weighted by atomic mass is 10.2. The van der Waals surface area contributed by atoms with Crippen molar-refractivity contribution in [3.63, 3.8) is 0 Å². The average Bonchev–Trinajstić information content (AvgIpc) is 2.98. The van der Waals surface area contributed by atoms with Crippen LogP contribution in [0.3, 0.4) is 0 Å². The van der Waals surface area contributed by atoms with Crippen molar-refractivity contribution in [2.24, 2.45) is 0 Å². The first-order valence-electron chi connectivity index (χ1n) is 7.08. The molecule has 0 aromatic heterocycles. The van der Waals surface area contributed by atoms with E-state index in [1.807, 2.05) is 18.2 Å². The van der Waals surface area contributed by atoms with Crippen LogP contribution in [0.1, 0.15) is 11.1 Å². The highest BCUT2D eigenvalue weighted by molar-refractivity contribution is 7.92. The van der Waals surface area contributed by atoms with Crippen LogP contribution in [0, 0.1) is 0 Å². The molecule has 1 aliphatic rings. The number of carbonyl (C=O) groups excluding carboxylic acids is 1. The summed E-state index contributed by atoms with van der Waals surface area (Å²) in [4.78, 5) is 10.6. The normalized spacial score (nSPS) is 14.2. The number of para-hydroxylation sites is 1. The van der Waals surface area contributed by atoms with Crippen molar-refractivity contribution >= 4 is 27.8 Å². The number of benzene rings is 2. The third kappa shape index (κ3) is 2.98. The first kappa shape index (κ1) is 15.3. The molecule has 1 aliphatic heterocycles. The van der Waals surface area contributed by atoms with Crippen LogP contribution in [0.15, 0.2) is 59.5 Å². The summed E-state index contributed by atoms with van der Waals surface area (Å²) >= 11 is 0. The lowest BCUT2D eigenvalue weighted by molar-refractivity contribution is -0.297. The molecule has 0 saturated carbocycles. The molecule has 0 aliphatic carbocycles. The van der Waals surface area contributed by atoms with E-state index in [4.69, 9.17) is 0 Å². The molecule has 2 aromatic carbocycles. The zero-order valence-corrected chi connectivity index (χ0v) is 13.0. The molecular weight excluding hydrogens is 314 g/mol. The topological polar surface area (TPSA) is 77.5 Å². The van der Waals surface area contributed by atoms with Gasteiger partial charge in [0.05, 0.1) is 16.6 Å².